The van der Waals surface area contributed by atoms with Crippen molar-refractivity contribution in [3.05, 3.63) is 34.3 Å². The molecule has 0 aliphatic carbocycles. The summed E-state index contributed by atoms with van der Waals surface area (Å²) in [5.41, 5.74) is 1.11. The first-order valence-corrected chi connectivity index (χ1v) is 7.49. The predicted octanol–water partition coefficient (Wildman–Crippen LogP) is 3.85. The Hall–Kier alpha value is -0.280. The van der Waals surface area contributed by atoms with Gasteiger partial charge in [-0.2, -0.15) is 11.8 Å². The lowest BCUT2D eigenvalue weighted by atomic mass is 10.0. The first kappa shape index (κ1) is 12.2. The van der Waals surface area contributed by atoms with Crippen LogP contribution in [0.25, 0.3) is 0 Å². The molecule has 1 aliphatic rings. The van der Waals surface area contributed by atoms with E-state index >= 15 is 0 Å². The van der Waals surface area contributed by atoms with Gasteiger partial charge in [-0.25, -0.2) is 0 Å². The zero-order valence-corrected chi connectivity index (χ0v) is 11.5. The van der Waals surface area contributed by atoms with E-state index in [9.17, 15) is 4.79 Å². The number of hydrogen-bond acceptors (Lipinski definition) is 2. The average molecular weight is 299 g/mol. The molecule has 1 saturated heterocycles. The number of ketones is 1. The minimum absolute atomic E-state index is 0.237. The van der Waals surface area contributed by atoms with Gasteiger partial charge in [0.2, 0.25) is 0 Å². The Morgan fingerprint density at radius 3 is 2.88 bits per heavy atom. The standard InChI is InChI=1S/C13H15BrOS/c14-11-6-2-1-5-10(11)9-12(15)13-7-3-4-8-16-13/h1-2,5-6,13H,3-4,7-9H2. The van der Waals surface area contributed by atoms with E-state index in [2.05, 4.69) is 15.9 Å². The van der Waals surface area contributed by atoms with Crippen LogP contribution in [0, 0.1) is 0 Å². The number of thioether (sulfide) groups is 1. The first-order valence-electron chi connectivity index (χ1n) is 5.65. The van der Waals surface area contributed by atoms with Crippen LogP contribution in [-0.2, 0) is 11.2 Å². The molecule has 1 aliphatic heterocycles. The number of hydrogen-bond donors (Lipinski definition) is 0. The maximum atomic E-state index is 12.1. The second-order valence-electron chi connectivity index (χ2n) is 4.09. The molecule has 86 valence electrons. The normalized spacial score (nSPS) is 20.7. The average Bonchev–Trinajstić information content (AvgIpc) is 2.33. The molecule has 16 heavy (non-hydrogen) atoms. The summed E-state index contributed by atoms with van der Waals surface area (Å²) in [6.45, 7) is 0. The molecule has 1 heterocycles. The Morgan fingerprint density at radius 2 is 2.19 bits per heavy atom. The Morgan fingerprint density at radius 1 is 1.38 bits per heavy atom. The van der Waals surface area contributed by atoms with Gasteiger partial charge in [0.25, 0.3) is 0 Å². The molecule has 1 fully saturated rings. The van der Waals surface area contributed by atoms with E-state index in [-0.39, 0.29) is 5.25 Å². The number of benzene rings is 1. The molecule has 2 rings (SSSR count). The Labute approximate surface area is 109 Å². The highest BCUT2D eigenvalue weighted by molar-refractivity contribution is 9.10. The number of halogens is 1. The smallest absolute Gasteiger partial charge is 0.150 e. The number of carbonyl (C=O) groups excluding carboxylic acids is 1. The fourth-order valence-electron chi connectivity index (χ4n) is 1.94. The van der Waals surface area contributed by atoms with Crippen molar-refractivity contribution in [2.75, 3.05) is 5.75 Å². The molecule has 0 spiro atoms. The Bertz CT molecular complexity index is 372. The van der Waals surface area contributed by atoms with Gasteiger partial charge in [-0.05, 0) is 30.2 Å². The lowest BCUT2D eigenvalue weighted by Crippen LogP contribution is -2.22. The second kappa shape index (κ2) is 5.87. The molecule has 1 aromatic rings. The zero-order valence-electron chi connectivity index (χ0n) is 9.12. The molecule has 0 saturated carbocycles. The molecular weight excluding hydrogens is 284 g/mol. The van der Waals surface area contributed by atoms with Crippen molar-refractivity contribution in [1.82, 2.24) is 0 Å². The second-order valence-corrected chi connectivity index (χ2v) is 6.25. The van der Waals surface area contributed by atoms with E-state index in [4.69, 9.17) is 0 Å². The van der Waals surface area contributed by atoms with Crippen molar-refractivity contribution in [1.29, 1.82) is 0 Å². The van der Waals surface area contributed by atoms with Crippen molar-refractivity contribution in [2.45, 2.75) is 30.9 Å². The van der Waals surface area contributed by atoms with Gasteiger partial charge in [0.05, 0.1) is 5.25 Å². The van der Waals surface area contributed by atoms with Crippen LogP contribution in [-0.4, -0.2) is 16.8 Å². The maximum absolute atomic E-state index is 12.1. The minimum Gasteiger partial charge on any atom is -0.298 e. The monoisotopic (exact) mass is 298 g/mol. The maximum Gasteiger partial charge on any atom is 0.150 e. The molecular formula is C13H15BrOS. The van der Waals surface area contributed by atoms with Crippen LogP contribution in [0.1, 0.15) is 24.8 Å². The largest absolute Gasteiger partial charge is 0.298 e. The first-order chi connectivity index (χ1) is 7.77. The Balaban J connectivity index is 1.99. The molecule has 1 atom stereocenters. The summed E-state index contributed by atoms with van der Waals surface area (Å²) in [5, 5.41) is 0.237. The van der Waals surface area contributed by atoms with Gasteiger partial charge in [-0.15, -0.1) is 0 Å². The third kappa shape index (κ3) is 3.11. The third-order valence-electron chi connectivity index (χ3n) is 2.86. The lowest BCUT2D eigenvalue weighted by molar-refractivity contribution is -0.118. The van der Waals surface area contributed by atoms with Crippen LogP contribution in [0.2, 0.25) is 0 Å². The summed E-state index contributed by atoms with van der Waals surface area (Å²) >= 11 is 5.32. The highest BCUT2D eigenvalue weighted by atomic mass is 79.9. The molecule has 1 aromatic carbocycles. The zero-order chi connectivity index (χ0) is 11.4. The lowest BCUT2D eigenvalue weighted by Gasteiger charge is -2.20. The van der Waals surface area contributed by atoms with E-state index < -0.39 is 0 Å². The molecule has 0 bridgehead atoms. The van der Waals surface area contributed by atoms with Crippen LogP contribution >= 0.6 is 27.7 Å². The number of rotatable bonds is 3. The van der Waals surface area contributed by atoms with Gasteiger partial charge >= 0.3 is 0 Å². The summed E-state index contributed by atoms with van der Waals surface area (Å²) in [6, 6.07) is 7.99. The van der Waals surface area contributed by atoms with Crippen LogP contribution in [0.15, 0.2) is 28.7 Å². The van der Waals surface area contributed by atoms with E-state index in [1.165, 1.54) is 12.8 Å². The molecule has 1 nitrogen and oxygen atoms in total. The van der Waals surface area contributed by atoms with Crippen LogP contribution in [0.5, 0.6) is 0 Å². The molecule has 0 amide bonds. The van der Waals surface area contributed by atoms with Crippen molar-refractivity contribution in [3.63, 3.8) is 0 Å². The topological polar surface area (TPSA) is 17.1 Å². The van der Waals surface area contributed by atoms with Crippen LogP contribution in [0.3, 0.4) is 0 Å². The molecule has 0 radical (unpaired) electrons. The molecule has 0 N–H and O–H groups in total. The summed E-state index contributed by atoms with van der Waals surface area (Å²) in [7, 11) is 0. The van der Waals surface area contributed by atoms with E-state index in [0.29, 0.717) is 12.2 Å². The van der Waals surface area contributed by atoms with Crippen molar-refractivity contribution in [3.8, 4) is 0 Å². The fourth-order valence-corrected chi connectivity index (χ4v) is 3.62. The SMILES string of the molecule is O=C(Cc1ccccc1Br)C1CCCCS1. The van der Waals surface area contributed by atoms with Gasteiger partial charge in [0.15, 0.2) is 0 Å². The molecule has 0 aromatic heterocycles. The van der Waals surface area contributed by atoms with Crippen molar-refractivity contribution in [2.24, 2.45) is 0 Å². The third-order valence-corrected chi connectivity index (χ3v) is 5.06. The van der Waals surface area contributed by atoms with Crippen LogP contribution < -0.4 is 0 Å². The quantitative estimate of drug-likeness (QED) is 0.843. The van der Waals surface area contributed by atoms with E-state index in [1.807, 2.05) is 36.0 Å². The van der Waals surface area contributed by atoms with Crippen LogP contribution in [0.4, 0.5) is 0 Å². The summed E-state index contributed by atoms with van der Waals surface area (Å²) in [5.74, 6) is 1.53. The van der Waals surface area contributed by atoms with E-state index in [1.54, 1.807) is 0 Å². The van der Waals surface area contributed by atoms with Gasteiger partial charge in [0, 0.05) is 10.9 Å². The predicted molar refractivity (Wildman–Crippen MR) is 73.0 cm³/mol. The van der Waals surface area contributed by atoms with Crippen molar-refractivity contribution >= 4 is 33.5 Å². The highest BCUT2D eigenvalue weighted by Crippen LogP contribution is 2.27. The molecule has 3 heteroatoms. The number of carbonyl (C=O) groups is 1. The summed E-state index contributed by atoms with van der Waals surface area (Å²) in [4.78, 5) is 12.1. The van der Waals surface area contributed by atoms with Gasteiger partial charge in [-0.1, -0.05) is 40.5 Å². The highest BCUT2D eigenvalue weighted by Gasteiger charge is 2.21. The number of Topliss-reactive ketones (excluding diaryl/α,β-unsaturated/α-hetero) is 1. The van der Waals surface area contributed by atoms with Gasteiger partial charge in [-0.3, -0.25) is 4.79 Å². The molecule has 1 unspecified atom stereocenters. The Kier molecular flexibility index (Phi) is 4.47. The van der Waals surface area contributed by atoms with Gasteiger partial charge < -0.3 is 0 Å². The van der Waals surface area contributed by atoms with Gasteiger partial charge in [0.1, 0.15) is 5.78 Å². The minimum atomic E-state index is 0.237. The fraction of sp³-hybridized carbons (Fsp3) is 0.462. The van der Waals surface area contributed by atoms with E-state index in [0.717, 1.165) is 22.2 Å². The summed E-state index contributed by atoms with van der Waals surface area (Å²) in [6.07, 6.45) is 4.11. The summed E-state index contributed by atoms with van der Waals surface area (Å²) < 4.78 is 1.05. The van der Waals surface area contributed by atoms with Crippen molar-refractivity contribution < 1.29 is 4.79 Å².